The summed E-state index contributed by atoms with van der Waals surface area (Å²) in [5.41, 5.74) is 1.66. The fraction of sp³-hybridized carbons (Fsp3) is 0.571. The number of hydrogen-bond donors (Lipinski definition) is 4. The second kappa shape index (κ2) is 15.0. The van der Waals surface area contributed by atoms with Crippen LogP contribution in [0, 0.1) is 5.41 Å². The second-order valence-corrected chi connectivity index (χ2v) is 11.3. The summed E-state index contributed by atoms with van der Waals surface area (Å²) >= 11 is 0. The van der Waals surface area contributed by atoms with Crippen molar-refractivity contribution >= 4 is 34.4 Å². The Bertz CT molecular complexity index is 1120. The molecule has 2 aromatic rings. The van der Waals surface area contributed by atoms with E-state index in [-0.39, 0.29) is 12.3 Å². The molecule has 1 saturated carbocycles. The molecule has 2 aliphatic rings. The Balaban J connectivity index is 1.38. The molecule has 1 aliphatic heterocycles. The molecule has 1 aliphatic carbocycles. The van der Waals surface area contributed by atoms with Crippen molar-refractivity contribution in [3.63, 3.8) is 0 Å². The number of morpholine rings is 1. The minimum absolute atomic E-state index is 0.0398. The molecule has 1 amide bonds. The summed E-state index contributed by atoms with van der Waals surface area (Å²) < 4.78 is 21.0. The molecule has 2 heterocycles. The van der Waals surface area contributed by atoms with Crippen LogP contribution in [-0.2, 0) is 20.5 Å². The molecule has 1 aromatic carbocycles. The van der Waals surface area contributed by atoms with Crippen LogP contribution in [0.5, 0.6) is 0 Å². The van der Waals surface area contributed by atoms with Gasteiger partial charge in [0.25, 0.3) is 0 Å². The lowest BCUT2D eigenvalue weighted by molar-refractivity contribution is -0.135. The summed E-state index contributed by atoms with van der Waals surface area (Å²) in [4.78, 5) is 23.9. The molecule has 39 heavy (non-hydrogen) atoms. The van der Waals surface area contributed by atoms with Gasteiger partial charge in [0.15, 0.2) is 0 Å². The van der Waals surface area contributed by atoms with E-state index in [1.54, 1.807) is 35.4 Å². The predicted octanol–water partition coefficient (Wildman–Crippen LogP) is 3.71. The number of nitrogens with zero attached hydrogens (tertiary/aromatic N) is 3. The minimum Gasteiger partial charge on any atom is -0.378 e. The smallest absolute Gasteiger partial charge is 0.224 e. The van der Waals surface area contributed by atoms with Gasteiger partial charge in [0.2, 0.25) is 11.9 Å². The van der Waals surface area contributed by atoms with Crippen molar-refractivity contribution in [2.45, 2.75) is 69.2 Å². The van der Waals surface area contributed by atoms with E-state index in [0.29, 0.717) is 72.4 Å². The topological polar surface area (TPSA) is 132 Å². The van der Waals surface area contributed by atoms with Gasteiger partial charge in [-0.1, -0.05) is 44.7 Å². The fourth-order valence-corrected chi connectivity index (χ4v) is 5.62. The first-order chi connectivity index (χ1) is 19.0. The number of carbonyl (C=O) groups excluding carboxylic acids is 1. The molecule has 0 spiro atoms. The molecule has 2 fully saturated rings. The number of nitrogens with one attached hydrogen (secondary N) is 4. The third-order valence-corrected chi connectivity index (χ3v) is 8.28. The Labute approximate surface area is 233 Å². The van der Waals surface area contributed by atoms with Gasteiger partial charge in [0.1, 0.15) is 16.8 Å². The third kappa shape index (κ3) is 8.55. The predicted molar refractivity (Wildman–Crippen MR) is 155 cm³/mol. The zero-order valence-corrected chi connectivity index (χ0v) is 23.7. The standard InChI is InChI=1S/C28H41N7O3S/c1-2-3-14-30-28-31-20-24(27(34-28)33-22-7-5-4-6-8-22)26(29)21-9-11-23(12-10-21)39(37)32-15-13-25(36)35-16-18-38-19-17-35/h9-12,20,22,29,32H,2-8,13-19H2,1H3,(H2,30,31,33,34). The molecule has 1 aromatic heterocycles. The monoisotopic (exact) mass is 555 g/mol. The van der Waals surface area contributed by atoms with E-state index < -0.39 is 11.0 Å². The highest BCUT2D eigenvalue weighted by Gasteiger charge is 2.20. The summed E-state index contributed by atoms with van der Waals surface area (Å²) in [7, 11) is -1.45. The summed E-state index contributed by atoms with van der Waals surface area (Å²) in [6.07, 6.45) is 9.99. The van der Waals surface area contributed by atoms with E-state index in [9.17, 15) is 9.00 Å². The first kappa shape index (κ1) is 29.1. The number of ether oxygens (including phenoxy) is 1. The highest BCUT2D eigenvalue weighted by molar-refractivity contribution is 7.83. The Morgan fingerprint density at radius 3 is 2.59 bits per heavy atom. The van der Waals surface area contributed by atoms with Crippen molar-refractivity contribution in [3.8, 4) is 0 Å². The zero-order valence-electron chi connectivity index (χ0n) is 22.8. The fourth-order valence-electron chi connectivity index (χ4n) is 4.78. The number of unbranched alkanes of at least 4 members (excludes halogenated alkanes) is 1. The van der Waals surface area contributed by atoms with E-state index in [1.165, 1.54) is 19.3 Å². The van der Waals surface area contributed by atoms with Gasteiger partial charge in [-0.2, -0.15) is 4.98 Å². The number of carbonyl (C=O) groups is 1. The van der Waals surface area contributed by atoms with Crippen LogP contribution in [0.3, 0.4) is 0 Å². The number of amides is 1. The van der Waals surface area contributed by atoms with Crippen LogP contribution < -0.4 is 15.4 Å². The molecule has 11 heteroatoms. The van der Waals surface area contributed by atoms with Crippen LogP contribution in [-0.4, -0.2) is 76.1 Å². The average molecular weight is 556 g/mol. The molecule has 0 radical (unpaired) electrons. The first-order valence-corrected chi connectivity index (χ1v) is 15.3. The van der Waals surface area contributed by atoms with Gasteiger partial charge in [0.05, 0.1) is 29.4 Å². The molecule has 0 bridgehead atoms. The van der Waals surface area contributed by atoms with Crippen LogP contribution in [0.4, 0.5) is 11.8 Å². The lowest BCUT2D eigenvalue weighted by Crippen LogP contribution is -2.41. The molecule has 4 rings (SSSR count). The number of hydrogen-bond acceptors (Lipinski definition) is 8. The lowest BCUT2D eigenvalue weighted by atomic mass is 9.95. The third-order valence-electron chi connectivity index (χ3n) is 7.11. The molecule has 1 saturated heterocycles. The molecule has 1 atom stereocenters. The van der Waals surface area contributed by atoms with Gasteiger partial charge in [-0.25, -0.2) is 13.9 Å². The van der Waals surface area contributed by atoms with Gasteiger partial charge in [-0.05, 0) is 31.4 Å². The van der Waals surface area contributed by atoms with E-state index >= 15 is 0 Å². The Morgan fingerprint density at radius 1 is 1.13 bits per heavy atom. The van der Waals surface area contributed by atoms with Crippen LogP contribution >= 0.6 is 0 Å². The van der Waals surface area contributed by atoms with E-state index in [2.05, 4.69) is 27.3 Å². The largest absolute Gasteiger partial charge is 0.378 e. The maximum atomic E-state index is 12.7. The summed E-state index contributed by atoms with van der Waals surface area (Å²) in [6.45, 7) is 5.63. The highest BCUT2D eigenvalue weighted by Crippen LogP contribution is 2.25. The average Bonchev–Trinajstić information content (AvgIpc) is 2.98. The van der Waals surface area contributed by atoms with Gasteiger partial charge < -0.3 is 20.3 Å². The van der Waals surface area contributed by atoms with E-state index in [0.717, 1.165) is 32.2 Å². The molecule has 212 valence electrons. The molecule has 1 unspecified atom stereocenters. The van der Waals surface area contributed by atoms with E-state index in [1.807, 2.05) is 0 Å². The summed E-state index contributed by atoms with van der Waals surface area (Å²) in [5, 5.41) is 15.8. The van der Waals surface area contributed by atoms with Crippen LogP contribution in [0.15, 0.2) is 35.4 Å². The van der Waals surface area contributed by atoms with E-state index in [4.69, 9.17) is 15.1 Å². The molecular formula is C28H41N7O3S. The summed E-state index contributed by atoms with van der Waals surface area (Å²) in [6, 6.07) is 7.45. The lowest BCUT2D eigenvalue weighted by Gasteiger charge is -2.26. The van der Waals surface area contributed by atoms with Crippen molar-refractivity contribution < 1.29 is 13.7 Å². The summed E-state index contributed by atoms with van der Waals surface area (Å²) in [5.74, 6) is 1.29. The molecule has 4 N–H and O–H groups in total. The Kier molecular flexibility index (Phi) is 11.2. The maximum Gasteiger partial charge on any atom is 0.224 e. The second-order valence-electron chi connectivity index (χ2n) is 10.0. The number of benzene rings is 1. The van der Waals surface area contributed by atoms with Crippen molar-refractivity contribution in [2.75, 3.05) is 50.0 Å². The minimum atomic E-state index is -1.45. The van der Waals surface area contributed by atoms with Gasteiger partial charge in [-0.15, -0.1) is 0 Å². The van der Waals surface area contributed by atoms with Crippen molar-refractivity contribution in [3.05, 3.63) is 41.6 Å². The maximum absolute atomic E-state index is 12.7. The van der Waals surface area contributed by atoms with Crippen molar-refractivity contribution in [1.29, 1.82) is 5.41 Å². The van der Waals surface area contributed by atoms with Crippen LogP contribution in [0.25, 0.3) is 0 Å². The first-order valence-electron chi connectivity index (χ1n) is 14.1. The van der Waals surface area contributed by atoms with Gasteiger partial charge in [-0.3, -0.25) is 10.2 Å². The van der Waals surface area contributed by atoms with Crippen molar-refractivity contribution in [2.24, 2.45) is 0 Å². The van der Waals surface area contributed by atoms with Crippen LogP contribution in [0.2, 0.25) is 0 Å². The van der Waals surface area contributed by atoms with Crippen molar-refractivity contribution in [1.82, 2.24) is 19.6 Å². The molecule has 10 nitrogen and oxygen atoms in total. The zero-order chi connectivity index (χ0) is 27.5. The number of anilines is 2. The van der Waals surface area contributed by atoms with Gasteiger partial charge >= 0.3 is 0 Å². The quantitative estimate of drug-likeness (QED) is 0.219. The Hall–Kier alpha value is -2.89. The normalized spacial score (nSPS) is 17.0. The SMILES string of the molecule is CCCCNc1ncc(C(=N)c2ccc(S(=O)NCCC(=O)N3CCOCC3)cc2)c(NC2CCCCC2)n1. The van der Waals surface area contributed by atoms with Gasteiger partial charge in [0, 0.05) is 50.4 Å². The number of rotatable bonds is 13. The molecular weight excluding hydrogens is 514 g/mol. The number of aromatic nitrogens is 2. The van der Waals surface area contributed by atoms with Crippen LogP contribution in [0.1, 0.15) is 69.4 Å². The Morgan fingerprint density at radius 2 is 1.87 bits per heavy atom. The highest BCUT2D eigenvalue weighted by atomic mass is 32.2.